The largest absolute Gasteiger partial charge is 0.309 e. The van der Waals surface area contributed by atoms with Crippen LogP contribution >= 0.6 is 0 Å². The average Bonchev–Trinajstić information content (AvgIpc) is 3.51. The van der Waals surface area contributed by atoms with E-state index in [1.165, 1.54) is 49.7 Å². The predicted octanol–water partition coefficient (Wildman–Crippen LogP) is 6.51. The normalized spacial score (nSPS) is 17.8. The zero-order chi connectivity index (χ0) is 21.4. The molecule has 148 valence electrons. The summed E-state index contributed by atoms with van der Waals surface area (Å²) in [6.45, 7) is 0. The van der Waals surface area contributed by atoms with Crippen molar-refractivity contribution in [2.75, 3.05) is 0 Å². The Bertz CT molecular complexity index is 1640. The molecule has 5 aromatic rings. The Morgan fingerprint density at radius 1 is 0.625 bits per heavy atom. The molecule has 32 heavy (non-hydrogen) atoms. The second-order valence-electron chi connectivity index (χ2n) is 8.77. The minimum Gasteiger partial charge on any atom is -0.309 e. The third-order valence-electron chi connectivity index (χ3n) is 7.35. The maximum Gasteiger partial charge on any atom is 0.101 e. The van der Waals surface area contributed by atoms with Crippen molar-refractivity contribution >= 4 is 21.8 Å². The van der Waals surface area contributed by atoms with E-state index in [0.717, 1.165) is 6.42 Å². The second kappa shape index (κ2) is 6.10. The number of rotatable bonds is 1. The van der Waals surface area contributed by atoms with Crippen LogP contribution in [0.5, 0.6) is 0 Å². The highest BCUT2D eigenvalue weighted by Crippen LogP contribution is 2.57. The molecule has 1 aromatic heterocycles. The number of hydrogen-bond acceptors (Lipinski definition) is 2. The molecule has 3 nitrogen and oxygen atoms in total. The molecule has 2 aliphatic rings. The first-order chi connectivity index (χ1) is 15.8. The van der Waals surface area contributed by atoms with E-state index < -0.39 is 0 Å². The summed E-state index contributed by atoms with van der Waals surface area (Å²) in [7, 11) is 0. The van der Waals surface area contributed by atoms with Crippen LogP contribution in [-0.2, 0) is 0 Å². The van der Waals surface area contributed by atoms with Gasteiger partial charge in [-0.1, -0.05) is 42.5 Å². The Labute approximate surface area is 185 Å². The third-order valence-corrected chi connectivity index (χ3v) is 7.35. The monoisotopic (exact) mass is 407 g/mol. The highest BCUT2D eigenvalue weighted by atomic mass is 15.0. The molecule has 0 aliphatic heterocycles. The van der Waals surface area contributed by atoms with Crippen LogP contribution in [0.4, 0.5) is 0 Å². The fourth-order valence-electron chi connectivity index (χ4n) is 6.02. The number of nitrogens with zero attached hydrogens (tertiary/aromatic N) is 3. The van der Waals surface area contributed by atoms with Crippen molar-refractivity contribution in [1.29, 1.82) is 10.5 Å². The molecule has 0 spiro atoms. The summed E-state index contributed by atoms with van der Waals surface area (Å²) in [6, 6.07) is 32.3. The number of fused-ring (bicyclic) bond motifs is 11. The molecule has 0 saturated heterocycles. The van der Waals surface area contributed by atoms with Gasteiger partial charge in [-0.3, -0.25) is 0 Å². The van der Waals surface area contributed by atoms with Crippen molar-refractivity contribution in [1.82, 2.24) is 4.57 Å². The first-order valence-corrected chi connectivity index (χ1v) is 10.9. The number of benzene rings is 4. The standard InChI is InChI=1S/C29H17N3/c30-15-17-11-23-24(12-18(17)16-31)27-14-26(23)20-10-9-19(13-25(20)27)32-28-7-3-1-5-21(28)22-6-2-4-8-29(22)32/h1-13,26-27H,14H2. The van der Waals surface area contributed by atoms with Crippen molar-refractivity contribution in [2.45, 2.75) is 18.3 Å². The Hall–Kier alpha value is -4.34. The van der Waals surface area contributed by atoms with Gasteiger partial charge in [-0.25, -0.2) is 0 Å². The maximum atomic E-state index is 9.51. The molecule has 0 N–H and O–H groups in total. The molecule has 2 aliphatic carbocycles. The molecule has 3 heteroatoms. The number of hydrogen-bond donors (Lipinski definition) is 0. The van der Waals surface area contributed by atoms with E-state index in [2.05, 4.69) is 83.4 Å². The van der Waals surface area contributed by atoms with Gasteiger partial charge >= 0.3 is 0 Å². The maximum absolute atomic E-state index is 9.51. The molecular weight excluding hydrogens is 390 g/mol. The van der Waals surface area contributed by atoms with Gasteiger partial charge in [0.25, 0.3) is 0 Å². The van der Waals surface area contributed by atoms with Crippen LogP contribution in [0.15, 0.2) is 78.9 Å². The first kappa shape index (κ1) is 17.4. The molecule has 2 atom stereocenters. The Morgan fingerprint density at radius 2 is 1.16 bits per heavy atom. The van der Waals surface area contributed by atoms with Gasteiger partial charge in [0.2, 0.25) is 0 Å². The Balaban J connectivity index is 1.45. The lowest BCUT2D eigenvalue weighted by atomic mass is 9.84. The summed E-state index contributed by atoms with van der Waals surface area (Å²) < 4.78 is 2.36. The van der Waals surface area contributed by atoms with Gasteiger partial charge in [-0.05, 0) is 65.1 Å². The SMILES string of the molecule is N#Cc1cc2c(cc1C#N)C1CC2c2ccc(-n3c4ccccc4c4ccccc43)cc21. The lowest BCUT2D eigenvalue weighted by Gasteiger charge is -2.21. The topological polar surface area (TPSA) is 52.5 Å². The summed E-state index contributed by atoms with van der Waals surface area (Å²) in [5.74, 6) is 0.606. The summed E-state index contributed by atoms with van der Waals surface area (Å²) >= 11 is 0. The van der Waals surface area contributed by atoms with E-state index in [1.54, 1.807) is 0 Å². The van der Waals surface area contributed by atoms with E-state index in [1.807, 2.05) is 12.1 Å². The van der Waals surface area contributed by atoms with Gasteiger partial charge < -0.3 is 4.57 Å². The molecule has 0 amide bonds. The van der Waals surface area contributed by atoms with Crippen LogP contribution in [0.25, 0.3) is 27.5 Å². The van der Waals surface area contributed by atoms with Crippen LogP contribution in [-0.4, -0.2) is 4.57 Å². The number of aromatic nitrogens is 1. The molecule has 0 radical (unpaired) electrons. The van der Waals surface area contributed by atoms with Crippen molar-refractivity contribution in [3.8, 4) is 17.8 Å². The van der Waals surface area contributed by atoms with Crippen LogP contribution in [0.2, 0.25) is 0 Å². The third kappa shape index (κ3) is 2.08. The van der Waals surface area contributed by atoms with Crippen molar-refractivity contribution in [3.05, 3.63) is 112 Å². The highest BCUT2D eigenvalue weighted by Gasteiger charge is 2.42. The van der Waals surface area contributed by atoms with Crippen LogP contribution in [0, 0.1) is 22.7 Å². The lowest BCUT2D eigenvalue weighted by molar-refractivity contribution is 0.796. The zero-order valence-corrected chi connectivity index (χ0v) is 17.2. The van der Waals surface area contributed by atoms with Gasteiger partial charge in [0.15, 0.2) is 0 Å². The van der Waals surface area contributed by atoms with Gasteiger partial charge in [0, 0.05) is 28.3 Å². The molecule has 4 aromatic carbocycles. The second-order valence-corrected chi connectivity index (χ2v) is 8.77. The Morgan fingerprint density at radius 3 is 1.75 bits per heavy atom. The van der Waals surface area contributed by atoms with E-state index in [0.29, 0.717) is 17.0 Å². The molecule has 0 fully saturated rings. The lowest BCUT2D eigenvalue weighted by Crippen LogP contribution is -2.06. The zero-order valence-electron chi connectivity index (χ0n) is 17.2. The van der Waals surface area contributed by atoms with Crippen molar-refractivity contribution in [2.24, 2.45) is 0 Å². The minimum atomic E-state index is 0.290. The first-order valence-electron chi connectivity index (χ1n) is 10.9. The predicted molar refractivity (Wildman–Crippen MR) is 125 cm³/mol. The minimum absolute atomic E-state index is 0.290. The molecular formula is C29H17N3. The average molecular weight is 407 g/mol. The molecule has 2 bridgehead atoms. The molecule has 1 heterocycles. The van der Waals surface area contributed by atoms with Crippen molar-refractivity contribution < 1.29 is 0 Å². The van der Waals surface area contributed by atoms with E-state index in [4.69, 9.17) is 0 Å². The molecule has 7 rings (SSSR count). The van der Waals surface area contributed by atoms with Crippen LogP contribution < -0.4 is 0 Å². The molecule has 2 unspecified atom stereocenters. The van der Waals surface area contributed by atoms with Gasteiger partial charge in [0.1, 0.15) is 12.1 Å². The number of para-hydroxylation sites is 2. The van der Waals surface area contributed by atoms with Gasteiger partial charge in [-0.2, -0.15) is 10.5 Å². The quantitative estimate of drug-likeness (QED) is 0.318. The van der Waals surface area contributed by atoms with E-state index in [-0.39, 0.29) is 5.92 Å². The van der Waals surface area contributed by atoms with Gasteiger partial charge in [-0.15, -0.1) is 0 Å². The summed E-state index contributed by atoms with van der Waals surface area (Å²) in [4.78, 5) is 0. The van der Waals surface area contributed by atoms with Crippen LogP contribution in [0.1, 0.15) is 51.6 Å². The van der Waals surface area contributed by atoms with Crippen molar-refractivity contribution in [3.63, 3.8) is 0 Å². The van der Waals surface area contributed by atoms with E-state index in [9.17, 15) is 10.5 Å². The summed E-state index contributed by atoms with van der Waals surface area (Å²) in [6.07, 6.45) is 1.03. The summed E-state index contributed by atoms with van der Waals surface area (Å²) in [5, 5.41) is 21.5. The number of nitriles is 2. The highest BCUT2D eigenvalue weighted by molar-refractivity contribution is 6.09. The fourth-order valence-corrected chi connectivity index (χ4v) is 6.02. The van der Waals surface area contributed by atoms with Gasteiger partial charge in [0.05, 0.1) is 22.2 Å². The van der Waals surface area contributed by atoms with E-state index >= 15 is 0 Å². The Kier molecular flexibility index (Phi) is 3.31. The van der Waals surface area contributed by atoms with Crippen LogP contribution in [0.3, 0.4) is 0 Å². The smallest absolute Gasteiger partial charge is 0.101 e. The molecule has 0 saturated carbocycles. The summed E-state index contributed by atoms with van der Waals surface area (Å²) in [5.41, 5.74) is 9.73. The fraction of sp³-hybridized carbons (Fsp3) is 0.103.